The van der Waals surface area contributed by atoms with Crippen LogP contribution in [0.25, 0.3) is 0 Å². The van der Waals surface area contributed by atoms with Gasteiger partial charge in [-0.3, -0.25) is 4.79 Å². The minimum Gasteiger partial charge on any atom is -0.462 e. The summed E-state index contributed by atoms with van der Waals surface area (Å²) in [4.78, 5) is 13.5. The van der Waals surface area contributed by atoms with Crippen LogP contribution in [-0.4, -0.2) is 36.6 Å². The van der Waals surface area contributed by atoms with Crippen molar-refractivity contribution in [1.29, 1.82) is 0 Å². The molecule has 1 aliphatic heterocycles. The molecule has 1 saturated heterocycles. The standard InChI is InChI=1S/C12H21NO2/c1-10(14)15-12-6-4-5-11(12)9-13-7-2-3-8-13/h11-12H,2-9H2,1H3/t11-,12+/m0/s1. The number of ether oxygens (including phenoxy) is 1. The van der Waals surface area contributed by atoms with Gasteiger partial charge in [-0.1, -0.05) is 0 Å². The molecule has 1 heterocycles. The zero-order chi connectivity index (χ0) is 10.7. The van der Waals surface area contributed by atoms with Gasteiger partial charge in [0.1, 0.15) is 6.10 Å². The van der Waals surface area contributed by atoms with Crippen LogP contribution < -0.4 is 0 Å². The van der Waals surface area contributed by atoms with E-state index in [0.717, 1.165) is 13.0 Å². The second kappa shape index (κ2) is 4.97. The highest BCUT2D eigenvalue weighted by atomic mass is 16.5. The van der Waals surface area contributed by atoms with Crippen LogP contribution in [0.4, 0.5) is 0 Å². The van der Waals surface area contributed by atoms with Gasteiger partial charge >= 0.3 is 5.97 Å². The molecule has 0 aromatic heterocycles. The number of rotatable bonds is 3. The first-order valence-electron chi connectivity index (χ1n) is 6.15. The Morgan fingerprint density at radius 2 is 2.00 bits per heavy atom. The summed E-state index contributed by atoms with van der Waals surface area (Å²) in [7, 11) is 0. The average Bonchev–Trinajstić information content (AvgIpc) is 2.78. The van der Waals surface area contributed by atoms with Crippen LogP contribution >= 0.6 is 0 Å². The lowest BCUT2D eigenvalue weighted by Crippen LogP contribution is -2.32. The number of carbonyl (C=O) groups is 1. The van der Waals surface area contributed by atoms with E-state index in [2.05, 4.69) is 4.90 Å². The van der Waals surface area contributed by atoms with E-state index in [1.165, 1.54) is 45.7 Å². The third kappa shape index (κ3) is 2.94. The van der Waals surface area contributed by atoms with Crippen molar-refractivity contribution in [3.05, 3.63) is 0 Å². The number of hydrogen-bond donors (Lipinski definition) is 0. The van der Waals surface area contributed by atoms with E-state index in [1.54, 1.807) is 0 Å². The lowest BCUT2D eigenvalue weighted by molar-refractivity contribution is -0.148. The Morgan fingerprint density at radius 3 is 2.67 bits per heavy atom. The van der Waals surface area contributed by atoms with Gasteiger partial charge in [0.25, 0.3) is 0 Å². The van der Waals surface area contributed by atoms with Crippen molar-refractivity contribution in [1.82, 2.24) is 4.90 Å². The van der Waals surface area contributed by atoms with Crippen molar-refractivity contribution in [2.24, 2.45) is 5.92 Å². The maximum Gasteiger partial charge on any atom is 0.302 e. The van der Waals surface area contributed by atoms with Gasteiger partial charge in [-0.05, 0) is 45.2 Å². The molecular weight excluding hydrogens is 190 g/mol. The quantitative estimate of drug-likeness (QED) is 0.667. The number of esters is 1. The van der Waals surface area contributed by atoms with Crippen molar-refractivity contribution in [3.63, 3.8) is 0 Å². The topological polar surface area (TPSA) is 29.5 Å². The van der Waals surface area contributed by atoms with Crippen LogP contribution in [-0.2, 0) is 9.53 Å². The van der Waals surface area contributed by atoms with Gasteiger partial charge in [0.2, 0.25) is 0 Å². The summed E-state index contributed by atoms with van der Waals surface area (Å²) in [5.74, 6) is 0.473. The zero-order valence-electron chi connectivity index (χ0n) is 9.58. The van der Waals surface area contributed by atoms with E-state index in [0.29, 0.717) is 5.92 Å². The molecule has 0 amide bonds. The van der Waals surface area contributed by atoms with E-state index >= 15 is 0 Å². The van der Waals surface area contributed by atoms with E-state index in [1.807, 2.05) is 0 Å². The molecule has 0 unspecified atom stereocenters. The molecule has 2 rings (SSSR count). The van der Waals surface area contributed by atoms with Gasteiger partial charge in [-0.2, -0.15) is 0 Å². The van der Waals surface area contributed by atoms with Crippen LogP contribution in [0.1, 0.15) is 39.0 Å². The summed E-state index contributed by atoms with van der Waals surface area (Å²) in [6.45, 7) is 5.13. The Labute approximate surface area is 91.8 Å². The highest BCUT2D eigenvalue weighted by Gasteiger charge is 2.31. The Bertz CT molecular complexity index is 224. The third-order valence-corrected chi connectivity index (χ3v) is 3.60. The summed E-state index contributed by atoms with van der Waals surface area (Å²) < 4.78 is 5.37. The Hall–Kier alpha value is -0.570. The predicted octanol–water partition coefficient (Wildman–Crippen LogP) is 1.81. The molecule has 0 aromatic carbocycles. The maximum atomic E-state index is 10.9. The molecule has 2 atom stereocenters. The Balaban J connectivity index is 1.81. The molecule has 2 aliphatic rings. The highest BCUT2D eigenvalue weighted by molar-refractivity contribution is 5.66. The fourth-order valence-corrected chi connectivity index (χ4v) is 2.88. The SMILES string of the molecule is CC(=O)O[C@@H]1CCC[C@H]1CN1CCCC1. The van der Waals surface area contributed by atoms with Crippen molar-refractivity contribution < 1.29 is 9.53 Å². The Morgan fingerprint density at radius 1 is 1.27 bits per heavy atom. The van der Waals surface area contributed by atoms with E-state index in [-0.39, 0.29) is 12.1 Å². The Kier molecular flexibility index (Phi) is 3.62. The van der Waals surface area contributed by atoms with Gasteiger partial charge in [0.15, 0.2) is 0 Å². The molecule has 0 N–H and O–H groups in total. The number of nitrogens with zero attached hydrogens (tertiary/aromatic N) is 1. The minimum absolute atomic E-state index is 0.117. The molecule has 3 nitrogen and oxygen atoms in total. The van der Waals surface area contributed by atoms with E-state index in [9.17, 15) is 4.79 Å². The fraction of sp³-hybridized carbons (Fsp3) is 0.917. The second-order valence-electron chi connectivity index (χ2n) is 4.85. The van der Waals surface area contributed by atoms with Crippen molar-refractivity contribution in [3.8, 4) is 0 Å². The molecule has 3 heteroatoms. The van der Waals surface area contributed by atoms with Gasteiger partial charge in [0, 0.05) is 19.4 Å². The van der Waals surface area contributed by atoms with Crippen molar-refractivity contribution in [2.75, 3.05) is 19.6 Å². The summed E-state index contributed by atoms with van der Waals surface area (Å²) in [6.07, 6.45) is 6.39. The summed E-state index contributed by atoms with van der Waals surface area (Å²) in [5.41, 5.74) is 0. The molecule has 15 heavy (non-hydrogen) atoms. The summed E-state index contributed by atoms with van der Waals surface area (Å²) in [5, 5.41) is 0. The minimum atomic E-state index is -0.117. The summed E-state index contributed by atoms with van der Waals surface area (Å²) >= 11 is 0. The molecule has 86 valence electrons. The van der Waals surface area contributed by atoms with Crippen LogP contribution in [0, 0.1) is 5.92 Å². The highest BCUT2D eigenvalue weighted by Crippen LogP contribution is 2.29. The van der Waals surface area contributed by atoms with Crippen molar-refractivity contribution in [2.45, 2.75) is 45.1 Å². The first-order valence-corrected chi connectivity index (χ1v) is 6.15. The average molecular weight is 211 g/mol. The normalized spacial score (nSPS) is 32.1. The van der Waals surface area contributed by atoms with Crippen molar-refractivity contribution >= 4 is 5.97 Å². The molecule has 1 aliphatic carbocycles. The molecule has 0 aromatic rings. The number of hydrogen-bond acceptors (Lipinski definition) is 3. The van der Waals surface area contributed by atoms with Gasteiger partial charge in [0.05, 0.1) is 0 Å². The first kappa shape index (κ1) is 10.9. The number of likely N-dealkylation sites (tertiary alicyclic amines) is 1. The predicted molar refractivity (Wildman–Crippen MR) is 58.6 cm³/mol. The van der Waals surface area contributed by atoms with E-state index in [4.69, 9.17) is 4.74 Å². The zero-order valence-corrected chi connectivity index (χ0v) is 9.58. The van der Waals surface area contributed by atoms with Crippen LogP contribution in [0.15, 0.2) is 0 Å². The summed E-state index contributed by atoms with van der Waals surface area (Å²) in [6, 6.07) is 0. The van der Waals surface area contributed by atoms with E-state index < -0.39 is 0 Å². The molecule has 1 saturated carbocycles. The molecular formula is C12H21NO2. The second-order valence-corrected chi connectivity index (χ2v) is 4.85. The smallest absolute Gasteiger partial charge is 0.302 e. The fourth-order valence-electron chi connectivity index (χ4n) is 2.88. The molecule has 0 radical (unpaired) electrons. The third-order valence-electron chi connectivity index (χ3n) is 3.60. The monoisotopic (exact) mass is 211 g/mol. The number of carbonyl (C=O) groups excluding carboxylic acids is 1. The van der Waals surface area contributed by atoms with Crippen LogP contribution in [0.3, 0.4) is 0 Å². The molecule has 0 spiro atoms. The lowest BCUT2D eigenvalue weighted by Gasteiger charge is -2.24. The van der Waals surface area contributed by atoms with Crippen LogP contribution in [0.2, 0.25) is 0 Å². The lowest BCUT2D eigenvalue weighted by atomic mass is 10.1. The molecule has 0 bridgehead atoms. The maximum absolute atomic E-state index is 10.9. The largest absolute Gasteiger partial charge is 0.462 e. The van der Waals surface area contributed by atoms with Crippen LogP contribution in [0.5, 0.6) is 0 Å². The van der Waals surface area contributed by atoms with Gasteiger partial charge < -0.3 is 9.64 Å². The van der Waals surface area contributed by atoms with Gasteiger partial charge in [-0.15, -0.1) is 0 Å². The molecule has 2 fully saturated rings. The first-order chi connectivity index (χ1) is 7.25. The van der Waals surface area contributed by atoms with Gasteiger partial charge in [-0.25, -0.2) is 0 Å².